The lowest BCUT2D eigenvalue weighted by Crippen LogP contribution is -2.42. The molecule has 0 radical (unpaired) electrons. The van der Waals surface area contributed by atoms with Crippen molar-refractivity contribution in [1.29, 1.82) is 0 Å². The van der Waals surface area contributed by atoms with Crippen LogP contribution in [0, 0.1) is 6.92 Å². The van der Waals surface area contributed by atoms with Gasteiger partial charge in [0.15, 0.2) is 0 Å². The minimum Gasteiger partial charge on any atom is -0.335 e. The number of nitrogens with zero attached hydrogens (tertiary/aromatic N) is 2. The topological polar surface area (TPSA) is 57.7 Å². The molecule has 0 spiro atoms. The second-order valence-electron chi connectivity index (χ2n) is 6.41. The van der Waals surface area contributed by atoms with Gasteiger partial charge in [0.25, 0.3) is 15.9 Å². The summed E-state index contributed by atoms with van der Waals surface area (Å²) >= 11 is 0. The number of likely N-dealkylation sites (N-methyl/N-ethyl adjacent to an activating group) is 1. The molecule has 0 saturated carbocycles. The lowest BCUT2D eigenvalue weighted by molar-refractivity contribution is 0.0777. The molecule has 0 N–H and O–H groups in total. The maximum Gasteiger partial charge on any atom is 0.264 e. The molecule has 0 aromatic heterocycles. The average molecular weight is 370 g/mol. The lowest BCUT2D eigenvalue weighted by Gasteiger charge is -2.33. The van der Waals surface area contributed by atoms with Crippen LogP contribution < -0.4 is 4.31 Å². The van der Waals surface area contributed by atoms with Crippen LogP contribution in [0.15, 0.2) is 65.6 Å². The molecule has 1 aliphatic heterocycles. The van der Waals surface area contributed by atoms with Crippen molar-refractivity contribution in [2.75, 3.05) is 23.9 Å². The highest BCUT2D eigenvalue weighted by molar-refractivity contribution is 7.92. The van der Waals surface area contributed by atoms with E-state index in [0.29, 0.717) is 29.9 Å². The number of benzene rings is 2. The van der Waals surface area contributed by atoms with Crippen molar-refractivity contribution in [3.8, 4) is 0 Å². The summed E-state index contributed by atoms with van der Waals surface area (Å²) in [4.78, 5) is 14.8. The molecule has 2 aromatic carbocycles. The Morgan fingerprint density at radius 3 is 2.35 bits per heavy atom. The molecule has 3 rings (SSSR count). The largest absolute Gasteiger partial charge is 0.335 e. The third-order valence-electron chi connectivity index (χ3n) is 4.46. The number of aryl methyl sites for hydroxylation is 1. The molecule has 0 atom stereocenters. The number of hydrogen-bond acceptors (Lipinski definition) is 3. The van der Waals surface area contributed by atoms with E-state index in [-0.39, 0.29) is 17.3 Å². The van der Waals surface area contributed by atoms with Crippen LogP contribution in [0.25, 0.3) is 0 Å². The molecule has 0 aliphatic carbocycles. The Labute approximate surface area is 154 Å². The van der Waals surface area contributed by atoms with Crippen LogP contribution in [0.5, 0.6) is 0 Å². The number of amides is 1. The van der Waals surface area contributed by atoms with E-state index >= 15 is 0 Å². The van der Waals surface area contributed by atoms with Crippen LogP contribution >= 0.6 is 0 Å². The second-order valence-corrected chi connectivity index (χ2v) is 8.27. The van der Waals surface area contributed by atoms with Gasteiger partial charge in [-0.15, -0.1) is 0 Å². The van der Waals surface area contributed by atoms with E-state index in [2.05, 4.69) is 6.58 Å². The minimum atomic E-state index is -3.81. The number of carbonyl (C=O) groups is 1. The molecule has 0 fully saturated rings. The summed E-state index contributed by atoms with van der Waals surface area (Å²) in [6, 6.07) is 13.5. The highest BCUT2D eigenvalue weighted by Crippen LogP contribution is 2.30. The first-order chi connectivity index (χ1) is 12.3. The van der Waals surface area contributed by atoms with Crippen LogP contribution in [-0.4, -0.2) is 38.9 Å². The third kappa shape index (κ3) is 3.24. The van der Waals surface area contributed by atoms with Crippen molar-refractivity contribution in [2.45, 2.75) is 18.7 Å². The molecule has 6 heteroatoms. The molecule has 5 nitrogen and oxygen atoms in total. The van der Waals surface area contributed by atoms with Crippen LogP contribution in [0.4, 0.5) is 5.69 Å². The maximum absolute atomic E-state index is 13.3. The Balaban J connectivity index is 2.17. The standard InChI is InChI=1S/C20H22N2O3S/c1-4-21-13-16(3)14-22(19-8-6-5-7-18(19)20(21)23)26(24,25)17-11-9-15(2)10-12-17/h5-12H,3-4,13-14H2,1-2H3. The number of anilines is 1. The van der Waals surface area contributed by atoms with Crippen LogP contribution in [0.3, 0.4) is 0 Å². The quantitative estimate of drug-likeness (QED) is 0.780. The fourth-order valence-electron chi connectivity index (χ4n) is 3.03. The van der Waals surface area contributed by atoms with Gasteiger partial charge in [-0.3, -0.25) is 9.10 Å². The summed E-state index contributed by atoms with van der Waals surface area (Å²) in [6.07, 6.45) is 0. The van der Waals surface area contributed by atoms with Crippen molar-refractivity contribution in [1.82, 2.24) is 4.90 Å². The predicted octanol–water partition coefficient (Wildman–Crippen LogP) is 3.22. The Hall–Kier alpha value is -2.60. The van der Waals surface area contributed by atoms with Crippen molar-refractivity contribution in [2.24, 2.45) is 0 Å². The molecule has 136 valence electrons. The van der Waals surface area contributed by atoms with Crippen LogP contribution in [0.1, 0.15) is 22.8 Å². The fourth-order valence-corrected chi connectivity index (χ4v) is 4.53. The van der Waals surface area contributed by atoms with Crippen molar-refractivity contribution < 1.29 is 13.2 Å². The van der Waals surface area contributed by atoms with Gasteiger partial charge in [0.05, 0.1) is 22.7 Å². The zero-order chi connectivity index (χ0) is 18.9. The number of fused-ring (bicyclic) bond motifs is 1. The summed E-state index contributed by atoms with van der Waals surface area (Å²) in [7, 11) is -3.81. The van der Waals surface area contributed by atoms with Crippen molar-refractivity contribution in [3.05, 3.63) is 71.8 Å². The summed E-state index contributed by atoms with van der Waals surface area (Å²) in [6.45, 7) is 8.81. The third-order valence-corrected chi connectivity index (χ3v) is 6.24. The molecule has 2 aromatic rings. The van der Waals surface area contributed by atoms with E-state index in [0.717, 1.165) is 5.56 Å². The van der Waals surface area contributed by atoms with E-state index in [1.807, 2.05) is 13.8 Å². The molecular formula is C20H22N2O3S. The Morgan fingerprint density at radius 2 is 1.69 bits per heavy atom. The number of sulfonamides is 1. The van der Waals surface area contributed by atoms with Gasteiger partial charge in [-0.25, -0.2) is 8.42 Å². The first-order valence-electron chi connectivity index (χ1n) is 8.49. The Bertz CT molecular complexity index is 949. The predicted molar refractivity (Wildman–Crippen MR) is 103 cm³/mol. The van der Waals surface area contributed by atoms with Gasteiger partial charge in [-0.05, 0) is 43.7 Å². The molecule has 1 heterocycles. The van der Waals surface area contributed by atoms with E-state index in [9.17, 15) is 13.2 Å². The zero-order valence-corrected chi connectivity index (χ0v) is 15.8. The summed E-state index contributed by atoms with van der Waals surface area (Å²) in [5.74, 6) is -0.187. The van der Waals surface area contributed by atoms with E-state index in [4.69, 9.17) is 0 Å². The molecule has 0 bridgehead atoms. The highest BCUT2D eigenvalue weighted by Gasteiger charge is 2.32. The van der Waals surface area contributed by atoms with Gasteiger partial charge in [-0.2, -0.15) is 0 Å². The van der Waals surface area contributed by atoms with Gasteiger partial charge >= 0.3 is 0 Å². The van der Waals surface area contributed by atoms with Crippen LogP contribution in [-0.2, 0) is 10.0 Å². The first-order valence-corrected chi connectivity index (χ1v) is 9.93. The van der Waals surface area contributed by atoms with Gasteiger partial charge < -0.3 is 4.90 Å². The molecule has 1 aliphatic rings. The van der Waals surface area contributed by atoms with Gasteiger partial charge in [0.1, 0.15) is 0 Å². The molecular weight excluding hydrogens is 348 g/mol. The normalized spacial score (nSPS) is 15.5. The Kier molecular flexibility index (Phi) is 4.87. The number of rotatable bonds is 3. The monoisotopic (exact) mass is 370 g/mol. The highest BCUT2D eigenvalue weighted by atomic mass is 32.2. The summed E-state index contributed by atoms with van der Waals surface area (Å²) in [5, 5.41) is 0. The van der Waals surface area contributed by atoms with E-state index < -0.39 is 10.0 Å². The van der Waals surface area contributed by atoms with Gasteiger partial charge in [0, 0.05) is 13.1 Å². The van der Waals surface area contributed by atoms with Crippen LogP contribution in [0.2, 0.25) is 0 Å². The Morgan fingerprint density at radius 1 is 1.04 bits per heavy atom. The number of para-hydroxylation sites is 1. The number of hydrogen-bond donors (Lipinski definition) is 0. The van der Waals surface area contributed by atoms with Crippen molar-refractivity contribution >= 4 is 21.6 Å². The smallest absolute Gasteiger partial charge is 0.264 e. The molecule has 26 heavy (non-hydrogen) atoms. The molecule has 1 amide bonds. The second kappa shape index (κ2) is 6.96. The fraction of sp³-hybridized carbons (Fsp3) is 0.250. The molecule has 0 unspecified atom stereocenters. The van der Waals surface area contributed by atoms with E-state index in [1.165, 1.54) is 4.31 Å². The van der Waals surface area contributed by atoms with Gasteiger partial charge in [-0.1, -0.05) is 36.4 Å². The summed E-state index contributed by atoms with van der Waals surface area (Å²) < 4.78 is 27.9. The maximum atomic E-state index is 13.3. The number of carbonyl (C=O) groups excluding carboxylic acids is 1. The SMILES string of the molecule is C=C1CN(CC)C(=O)c2ccccc2N(S(=O)(=O)c2ccc(C)cc2)C1. The van der Waals surface area contributed by atoms with Crippen molar-refractivity contribution in [3.63, 3.8) is 0 Å². The average Bonchev–Trinajstić information content (AvgIpc) is 2.63. The first kappa shape index (κ1) is 18.2. The minimum absolute atomic E-state index is 0.136. The van der Waals surface area contributed by atoms with E-state index in [1.54, 1.807) is 53.4 Å². The summed E-state index contributed by atoms with van der Waals surface area (Å²) in [5.41, 5.74) is 2.43. The van der Waals surface area contributed by atoms with Gasteiger partial charge in [0.2, 0.25) is 0 Å². The lowest BCUT2D eigenvalue weighted by atomic mass is 10.1. The zero-order valence-electron chi connectivity index (χ0n) is 15.0. The molecule has 0 saturated heterocycles.